The molecule has 13 atom stereocenters. The highest BCUT2D eigenvalue weighted by Crippen LogP contribution is 2.16. The molecule has 80 heavy (non-hydrogen) atoms. The number of amides is 8. The van der Waals surface area contributed by atoms with Gasteiger partial charge in [0.25, 0.3) is 0 Å². The van der Waals surface area contributed by atoms with E-state index in [0.717, 1.165) is 0 Å². The largest absolute Gasteiger partial charge is 0.481 e. The van der Waals surface area contributed by atoms with Gasteiger partial charge in [0.15, 0.2) is 0 Å². The third kappa shape index (κ3) is 27.8. The highest BCUT2D eigenvalue weighted by atomic mass is 32.2. The lowest BCUT2D eigenvalue weighted by Crippen LogP contribution is -2.60. The van der Waals surface area contributed by atoms with Crippen LogP contribution in [0.2, 0.25) is 0 Å². The number of hydrogen-bond donors (Lipinski definition) is 15. The van der Waals surface area contributed by atoms with Gasteiger partial charge < -0.3 is 84.9 Å². The van der Waals surface area contributed by atoms with Crippen molar-refractivity contribution in [3.8, 4) is 0 Å². The Bertz CT molecular complexity index is 2090. The predicted octanol–water partition coefficient (Wildman–Crippen LogP) is -2.21. The molecule has 0 fully saturated rings. The zero-order chi connectivity index (χ0) is 61.7. The van der Waals surface area contributed by atoms with Crippen LogP contribution in [0.4, 0.5) is 0 Å². The maximum Gasteiger partial charge on any atom is 0.329 e. The summed E-state index contributed by atoms with van der Waals surface area (Å²) in [5.41, 5.74) is 17.9. The molecule has 29 heteroatoms. The van der Waals surface area contributed by atoms with E-state index in [9.17, 15) is 78.0 Å². The summed E-state index contributed by atoms with van der Waals surface area (Å²) < 4.78 is 5.86. The van der Waals surface area contributed by atoms with Crippen LogP contribution >= 0.6 is 11.8 Å². The van der Waals surface area contributed by atoms with E-state index in [2.05, 4.69) is 42.5 Å². The van der Waals surface area contributed by atoms with E-state index in [-0.39, 0.29) is 50.0 Å². The predicted molar refractivity (Wildman–Crippen MR) is 294 cm³/mol. The highest BCUT2D eigenvalue weighted by Gasteiger charge is 2.38. The van der Waals surface area contributed by atoms with Crippen molar-refractivity contribution in [3.05, 3.63) is 0 Å². The number of esters is 1. The van der Waals surface area contributed by atoms with Crippen LogP contribution in [0.15, 0.2) is 0 Å². The van der Waals surface area contributed by atoms with Crippen molar-refractivity contribution in [1.82, 2.24) is 42.5 Å². The van der Waals surface area contributed by atoms with Crippen molar-refractivity contribution in [2.24, 2.45) is 46.8 Å². The second-order valence-electron chi connectivity index (χ2n) is 21.2. The minimum Gasteiger partial charge on any atom is -0.481 e. The van der Waals surface area contributed by atoms with Gasteiger partial charge in [0, 0.05) is 19.0 Å². The number of aliphatic carboxylic acids is 3. The van der Waals surface area contributed by atoms with Gasteiger partial charge in [-0.05, 0) is 67.3 Å². The molecule has 0 spiro atoms. The number of carbonyl (C=O) groups excluding carboxylic acids is 9. The Morgan fingerprint density at radius 3 is 1.48 bits per heavy atom. The molecular weight excluding hydrogens is 1070 g/mol. The zero-order valence-electron chi connectivity index (χ0n) is 48.0. The van der Waals surface area contributed by atoms with Crippen molar-refractivity contribution < 1.29 is 82.7 Å². The Morgan fingerprint density at radius 1 is 0.525 bits per heavy atom. The van der Waals surface area contributed by atoms with Gasteiger partial charge >= 0.3 is 23.9 Å². The molecule has 458 valence electrons. The fourth-order valence-corrected chi connectivity index (χ4v) is 8.29. The number of hydrogen-bond acceptors (Lipinski definition) is 18. The fraction of sp³-hybridized carbons (Fsp3) is 0.765. The van der Waals surface area contributed by atoms with Gasteiger partial charge in [-0.25, -0.2) is 4.79 Å². The number of carboxylic acid groups (broad SMARTS) is 3. The van der Waals surface area contributed by atoms with E-state index < -0.39 is 182 Å². The molecule has 0 aromatic heterocycles. The molecule has 0 radical (unpaired) electrons. The summed E-state index contributed by atoms with van der Waals surface area (Å²) in [6.07, 6.45) is -1.32. The van der Waals surface area contributed by atoms with Crippen molar-refractivity contribution in [3.63, 3.8) is 0 Å². The minimum atomic E-state index is -1.91. The average molecular weight is 1160 g/mol. The summed E-state index contributed by atoms with van der Waals surface area (Å²) in [6, 6.07) is -13.9. The van der Waals surface area contributed by atoms with Crippen molar-refractivity contribution >= 4 is 82.9 Å². The Morgan fingerprint density at radius 2 is 0.988 bits per heavy atom. The maximum absolute atomic E-state index is 14.1. The topological polar surface area (TPSA) is 469 Å². The molecule has 0 unspecified atom stereocenters. The number of thioether (sulfide) groups is 1. The molecule has 0 aliphatic heterocycles. The van der Waals surface area contributed by atoms with Crippen LogP contribution < -0.4 is 59.7 Å². The summed E-state index contributed by atoms with van der Waals surface area (Å²) >= 11 is 1.39. The number of carboxylic acids is 3. The number of nitrogens with two attached hydrogens (primary N) is 3. The van der Waals surface area contributed by atoms with E-state index >= 15 is 0 Å². The van der Waals surface area contributed by atoms with Crippen LogP contribution in [0.25, 0.3) is 0 Å². The number of nitrogens with one attached hydrogen (secondary N) is 8. The molecule has 0 aliphatic carbocycles. The smallest absolute Gasteiger partial charge is 0.329 e. The minimum absolute atomic E-state index is 0.0552. The van der Waals surface area contributed by atoms with Gasteiger partial charge in [0.1, 0.15) is 48.4 Å². The summed E-state index contributed by atoms with van der Waals surface area (Å²) in [6.45, 7) is 15.9. The van der Waals surface area contributed by atoms with Crippen LogP contribution in [0.3, 0.4) is 0 Å². The number of carbonyl (C=O) groups is 12. The van der Waals surface area contributed by atoms with Crippen LogP contribution in [0, 0.1) is 29.6 Å². The second-order valence-corrected chi connectivity index (χ2v) is 22.2. The molecule has 28 nitrogen and oxygen atoms in total. The summed E-state index contributed by atoms with van der Waals surface area (Å²) in [5.74, 6) is -14.5. The molecule has 0 bridgehead atoms. The molecule has 8 amide bonds. The molecular formula is C51H91N11O17S. The van der Waals surface area contributed by atoms with E-state index in [0.29, 0.717) is 12.2 Å². The number of rotatable bonds is 41. The zero-order valence-corrected chi connectivity index (χ0v) is 48.8. The van der Waals surface area contributed by atoms with Crippen LogP contribution in [-0.4, -0.2) is 183 Å². The molecule has 0 rings (SSSR count). The number of primary amides is 1. The number of aliphatic hydroxyl groups is 1. The van der Waals surface area contributed by atoms with E-state index in [1.54, 1.807) is 61.6 Å². The first-order valence-corrected chi connectivity index (χ1v) is 28.3. The van der Waals surface area contributed by atoms with Crippen LogP contribution in [0.5, 0.6) is 0 Å². The second kappa shape index (κ2) is 37.7. The lowest BCUT2D eigenvalue weighted by Gasteiger charge is -2.31. The molecule has 18 N–H and O–H groups in total. The van der Waals surface area contributed by atoms with E-state index in [1.807, 2.05) is 13.8 Å². The standard InChI is InChI=1S/C51H91N11O17S/c1-12-27(9)40(53)48(75)60-35(23-63)47(74)56-31(14-15-37(64)65)45(72)62-42(28(10)13-2)50(77)59-34(21-39(68)69)51(78)79-36(29(52)18-24(3)4)22-55-30(16-17-80-11)44(71)61-41(26(7)8)49(76)58-33(19-25(5)6)46(73)57-32(43(54)70)20-38(66)67/h24-36,40-42,55,63H,12-23,52-53H2,1-11H3,(H2,54,70)(H,56,74)(H,57,73)(H,58,76)(H,59,77)(H,60,75)(H,61,71)(H,62,72)(H,64,65)(H,66,67)(H,68,69)/t27-,28-,29-,30-,31-,32-,33-,34-,35-,36-,40-,41-,42-/m0/s1. The Kier molecular flexibility index (Phi) is 34.8. The molecule has 0 saturated carbocycles. The maximum atomic E-state index is 14.1. The monoisotopic (exact) mass is 1160 g/mol. The highest BCUT2D eigenvalue weighted by molar-refractivity contribution is 7.98. The molecule has 0 saturated heterocycles. The van der Waals surface area contributed by atoms with Gasteiger partial charge in [0.05, 0.1) is 31.5 Å². The third-order valence-corrected chi connectivity index (χ3v) is 13.7. The van der Waals surface area contributed by atoms with Gasteiger partial charge in [0.2, 0.25) is 47.3 Å². The van der Waals surface area contributed by atoms with Crippen LogP contribution in [-0.2, 0) is 62.3 Å². The summed E-state index contributed by atoms with van der Waals surface area (Å²) in [7, 11) is 0. The van der Waals surface area contributed by atoms with Crippen molar-refractivity contribution in [2.45, 2.75) is 194 Å². The van der Waals surface area contributed by atoms with Crippen molar-refractivity contribution in [2.75, 3.05) is 25.2 Å². The first-order chi connectivity index (χ1) is 37.2. The number of aliphatic hydroxyl groups excluding tert-OH is 1. The quantitative estimate of drug-likeness (QED) is 0.0289. The fourth-order valence-electron chi connectivity index (χ4n) is 7.82. The first-order valence-electron chi connectivity index (χ1n) is 26.9. The third-order valence-electron chi connectivity index (χ3n) is 13.0. The van der Waals surface area contributed by atoms with Gasteiger partial charge in [-0.1, -0.05) is 82.1 Å². The summed E-state index contributed by atoms with van der Waals surface area (Å²) in [5, 5.41) is 58.7. The number of ether oxygens (including phenoxy) is 1. The molecule has 0 heterocycles. The normalized spacial score (nSPS) is 16.3. The van der Waals surface area contributed by atoms with Gasteiger partial charge in [-0.3, -0.25) is 52.7 Å². The lowest BCUT2D eigenvalue weighted by atomic mass is 9.96. The lowest BCUT2D eigenvalue weighted by molar-refractivity contribution is -0.157. The van der Waals surface area contributed by atoms with Gasteiger partial charge in [-0.15, -0.1) is 0 Å². The van der Waals surface area contributed by atoms with E-state index in [1.165, 1.54) is 11.8 Å². The molecule has 0 aromatic rings. The summed E-state index contributed by atoms with van der Waals surface area (Å²) in [4.78, 5) is 157. The molecule has 0 aliphatic rings. The molecule has 0 aromatic carbocycles. The Balaban J connectivity index is 6.80. The van der Waals surface area contributed by atoms with Gasteiger partial charge in [-0.2, -0.15) is 11.8 Å². The first kappa shape index (κ1) is 73.8. The average Bonchev–Trinajstić information content (AvgIpc) is 3.36. The van der Waals surface area contributed by atoms with Crippen molar-refractivity contribution in [1.29, 1.82) is 0 Å². The van der Waals surface area contributed by atoms with E-state index in [4.69, 9.17) is 21.9 Å². The van der Waals surface area contributed by atoms with Crippen LogP contribution in [0.1, 0.15) is 127 Å². The Hall–Kier alpha value is -6.17. The SMILES string of the molecule is CC[C@H](C)[C@H](N)C(=O)N[C@@H](CO)C(=O)N[C@@H](CCC(=O)O)C(=O)N[C@H](C(=O)N[C@@H](CC(=O)O)C(=O)O[C@@H](CN[C@@H](CCSC)C(=O)N[C@H](C(=O)N[C@@H](CC(C)C)C(=O)N[C@@H](CC(=O)O)C(N)=O)C(C)C)[C@@H](N)CC(C)C)[C@@H](C)CC. The Labute approximate surface area is 472 Å².